The smallest absolute Gasteiger partial charge is 0.0918 e. The molecule has 0 amide bonds. The molecule has 0 bridgehead atoms. The third-order valence-corrected chi connectivity index (χ3v) is 3.40. The van der Waals surface area contributed by atoms with Crippen molar-refractivity contribution in [3.8, 4) is 0 Å². The Kier molecular flexibility index (Phi) is 5.35. The molecule has 0 unspecified atom stereocenters. The van der Waals surface area contributed by atoms with Crippen molar-refractivity contribution >= 4 is 5.84 Å². The standard InChI is InChI=1S/C15H25N3/c1-11(2)18(9-8-15(16)17)10-14-12(3)6-5-7-13(14)4/h5-7,11H,8-10H2,1-4H3,(H3,16,17). The average Bonchev–Trinajstić information content (AvgIpc) is 2.26. The van der Waals surface area contributed by atoms with E-state index in [1.165, 1.54) is 16.7 Å². The molecule has 3 heteroatoms. The predicted molar refractivity (Wildman–Crippen MR) is 78.0 cm³/mol. The van der Waals surface area contributed by atoms with Crippen molar-refractivity contribution in [1.29, 1.82) is 5.41 Å². The first kappa shape index (κ1) is 14.7. The van der Waals surface area contributed by atoms with Gasteiger partial charge in [-0.25, -0.2) is 0 Å². The van der Waals surface area contributed by atoms with Crippen LogP contribution in [-0.2, 0) is 6.54 Å². The van der Waals surface area contributed by atoms with E-state index in [1.54, 1.807) is 0 Å². The lowest BCUT2D eigenvalue weighted by atomic mass is 10.0. The van der Waals surface area contributed by atoms with Crippen molar-refractivity contribution in [3.63, 3.8) is 0 Å². The van der Waals surface area contributed by atoms with Crippen molar-refractivity contribution in [2.75, 3.05) is 6.54 Å². The molecule has 3 nitrogen and oxygen atoms in total. The molecule has 0 aliphatic heterocycles. The molecule has 3 N–H and O–H groups in total. The van der Waals surface area contributed by atoms with Gasteiger partial charge >= 0.3 is 0 Å². The molecule has 0 saturated carbocycles. The zero-order valence-electron chi connectivity index (χ0n) is 12.0. The van der Waals surface area contributed by atoms with Gasteiger partial charge in [0.15, 0.2) is 0 Å². The van der Waals surface area contributed by atoms with Gasteiger partial charge in [-0.3, -0.25) is 10.3 Å². The van der Waals surface area contributed by atoms with Gasteiger partial charge in [-0.1, -0.05) is 18.2 Å². The fraction of sp³-hybridized carbons (Fsp3) is 0.533. The molecule has 0 aromatic heterocycles. The van der Waals surface area contributed by atoms with Gasteiger partial charge in [0, 0.05) is 25.6 Å². The van der Waals surface area contributed by atoms with Crippen LogP contribution in [0.5, 0.6) is 0 Å². The Balaban J connectivity index is 2.80. The number of benzene rings is 1. The molecule has 1 rings (SSSR count). The molecular weight excluding hydrogens is 222 g/mol. The number of nitrogens with zero attached hydrogens (tertiary/aromatic N) is 1. The zero-order chi connectivity index (χ0) is 13.7. The van der Waals surface area contributed by atoms with Crippen LogP contribution in [0.25, 0.3) is 0 Å². The molecule has 0 radical (unpaired) electrons. The van der Waals surface area contributed by atoms with Crippen LogP contribution in [0.3, 0.4) is 0 Å². The summed E-state index contributed by atoms with van der Waals surface area (Å²) in [5.74, 6) is 0.266. The maximum absolute atomic E-state index is 7.34. The van der Waals surface area contributed by atoms with E-state index in [4.69, 9.17) is 11.1 Å². The van der Waals surface area contributed by atoms with E-state index in [-0.39, 0.29) is 5.84 Å². The highest BCUT2D eigenvalue weighted by Crippen LogP contribution is 2.17. The van der Waals surface area contributed by atoms with E-state index in [1.807, 2.05) is 0 Å². The Bertz CT molecular complexity index is 390. The Morgan fingerprint density at radius 3 is 2.28 bits per heavy atom. The van der Waals surface area contributed by atoms with Gasteiger partial charge < -0.3 is 5.73 Å². The SMILES string of the molecule is Cc1cccc(C)c1CN(CCC(=N)N)C(C)C. The van der Waals surface area contributed by atoms with Crippen LogP contribution < -0.4 is 5.73 Å². The van der Waals surface area contributed by atoms with Crippen LogP contribution in [-0.4, -0.2) is 23.3 Å². The molecule has 100 valence electrons. The summed E-state index contributed by atoms with van der Waals surface area (Å²) in [6, 6.07) is 6.88. The molecular formula is C15H25N3. The molecule has 0 saturated heterocycles. The molecule has 0 heterocycles. The van der Waals surface area contributed by atoms with Crippen molar-refractivity contribution < 1.29 is 0 Å². The fourth-order valence-corrected chi connectivity index (χ4v) is 2.09. The molecule has 0 aliphatic rings. The maximum Gasteiger partial charge on any atom is 0.0918 e. The van der Waals surface area contributed by atoms with Crippen LogP contribution in [0, 0.1) is 19.3 Å². The number of hydrogen-bond donors (Lipinski definition) is 2. The topological polar surface area (TPSA) is 53.1 Å². The molecule has 0 fully saturated rings. The molecule has 0 atom stereocenters. The summed E-state index contributed by atoms with van der Waals surface area (Å²) in [5.41, 5.74) is 9.52. The Labute approximate surface area is 111 Å². The zero-order valence-corrected chi connectivity index (χ0v) is 12.0. The van der Waals surface area contributed by atoms with Crippen LogP contribution >= 0.6 is 0 Å². The van der Waals surface area contributed by atoms with Gasteiger partial charge in [0.2, 0.25) is 0 Å². The fourth-order valence-electron chi connectivity index (χ4n) is 2.09. The van der Waals surface area contributed by atoms with Gasteiger partial charge in [0.05, 0.1) is 5.84 Å². The number of rotatable bonds is 6. The van der Waals surface area contributed by atoms with E-state index >= 15 is 0 Å². The van der Waals surface area contributed by atoms with Crippen molar-refractivity contribution in [2.24, 2.45) is 5.73 Å². The van der Waals surface area contributed by atoms with Gasteiger partial charge in [0.25, 0.3) is 0 Å². The summed E-state index contributed by atoms with van der Waals surface area (Å²) in [6.45, 7) is 10.5. The van der Waals surface area contributed by atoms with E-state index in [0.29, 0.717) is 12.5 Å². The third kappa shape index (κ3) is 4.15. The first-order valence-corrected chi connectivity index (χ1v) is 6.54. The van der Waals surface area contributed by atoms with Gasteiger partial charge in [-0.15, -0.1) is 0 Å². The van der Waals surface area contributed by atoms with Gasteiger partial charge in [-0.05, 0) is 44.4 Å². The van der Waals surface area contributed by atoms with Crippen LogP contribution in [0.15, 0.2) is 18.2 Å². The summed E-state index contributed by atoms with van der Waals surface area (Å²) in [5, 5.41) is 7.34. The molecule has 1 aromatic rings. The second kappa shape index (κ2) is 6.55. The number of aryl methyl sites for hydroxylation is 2. The van der Waals surface area contributed by atoms with E-state index < -0.39 is 0 Å². The second-order valence-electron chi connectivity index (χ2n) is 5.21. The normalized spacial score (nSPS) is 11.2. The summed E-state index contributed by atoms with van der Waals surface area (Å²) in [7, 11) is 0. The van der Waals surface area contributed by atoms with Gasteiger partial charge in [0.1, 0.15) is 0 Å². The van der Waals surface area contributed by atoms with Crippen LogP contribution in [0.2, 0.25) is 0 Å². The quantitative estimate of drug-likeness (QED) is 0.600. The largest absolute Gasteiger partial charge is 0.388 e. The second-order valence-corrected chi connectivity index (χ2v) is 5.21. The minimum absolute atomic E-state index is 0.266. The lowest BCUT2D eigenvalue weighted by Gasteiger charge is -2.27. The van der Waals surface area contributed by atoms with Crippen LogP contribution in [0.1, 0.15) is 37.0 Å². The third-order valence-electron chi connectivity index (χ3n) is 3.40. The molecule has 0 spiro atoms. The highest BCUT2D eigenvalue weighted by Gasteiger charge is 2.13. The Morgan fingerprint density at radius 1 is 1.28 bits per heavy atom. The van der Waals surface area contributed by atoms with Crippen molar-refractivity contribution in [2.45, 2.75) is 46.7 Å². The molecule has 0 aliphatic carbocycles. The lowest BCUT2D eigenvalue weighted by molar-refractivity contribution is 0.218. The first-order valence-electron chi connectivity index (χ1n) is 6.54. The summed E-state index contributed by atoms with van der Waals surface area (Å²) in [4.78, 5) is 2.37. The highest BCUT2D eigenvalue weighted by molar-refractivity contribution is 5.76. The summed E-state index contributed by atoms with van der Waals surface area (Å²) >= 11 is 0. The number of nitrogens with one attached hydrogen (secondary N) is 1. The van der Waals surface area contributed by atoms with E-state index in [0.717, 1.165) is 13.1 Å². The monoisotopic (exact) mass is 247 g/mol. The summed E-state index contributed by atoms with van der Waals surface area (Å²) < 4.78 is 0. The summed E-state index contributed by atoms with van der Waals surface area (Å²) in [6.07, 6.45) is 0.642. The van der Waals surface area contributed by atoms with Crippen molar-refractivity contribution in [3.05, 3.63) is 34.9 Å². The molecule has 1 aromatic carbocycles. The Hall–Kier alpha value is -1.35. The number of amidine groups is 1. The first-order chi connectivity index (χ1) is 8.41. The minimum atomic E-state index is 0.266. The lowest BCUT2D eigenvalue weighted by Crippen LogP contribution is -2.33. The average molecular weight is 247 g/mol. The highest BCUT2D eigenvalue weighted by atomic mass is 15.1. The Morgan fingerprint density at radius 2 is 1.83 bits per heavy atom. The molecule has 18 heavy (non-hydrogen) atoms. The van der Waals surface area contributed by atoms with Gasteiger partial charge in [-0.2, -0.15) is 0 Å². The van der Waals surface area contributed by atoms with Crippen LogP contribution in [0.4, 0.5) is 0 Å². The van der Waals surface area contributed by atoms with Crippen molar-refractivity contribution in [1.82, 2.24) is 4.90 Å². The maximum atomic E-state index is 7.34. The number of nitrogens with two attached hydrogens (primary N) is 1. The number of hydrogen-bond acceptors (Lipinski definition) is 2. The predicted octanol–water partition coefficient (Wildman–Crippen LogP) is 2.84. The van der Waals surface area contributed by atoms with E-state index in [2.05, 4.69) is 50.8 Å². The van der Waals surface area contributed by atoms with E-state index in [9.17, 15) is 0 Å². The minimum Gasteiger partial charge on any atom is -0.388 e.